The van der Waals surface area contributed by atoms with E-state index in [1.54, 1.807) is 14.2 Å². The molecular weight excluding hydrogens is 264 g/mol. The van der Waals surface area contributed by atoms with Crippen LogP contribution in [0.15, 0.2) is 18.2 Å². The highest BCUT2D eigenvalue weighted by atomic mass is 16.5. The van der Waals surface area contributed by atoms with Crippen molar-refractivity contribution >= 4 is 0 Å². The second-order valence-corrected chi connectivity index (χ2v) is 5.64. The monoisotopic (exact) mass is 292 g/mol. The van der Waals surface area contributed by atoms with Crippen molar-refractivity contribution in [3.05, 3.63) is 23.8 Å². The molecule has 1 aliphatic rings. The van der Waals surface area contributed by atoms with Gasteiger partial charge in [0.15, 0.2) is 11.5 Å². The smallest absolute Gasteiger partial charge is 0.160 e. The van der Waals surface area contributed by atoms with Crippen molar-refractivity contribution in [1.29, 1.82) is 0 Å². The van der Waals surface area contributed by atoms with Gasteiger partial charge in [0.05, 0.1) is 14.2 Å². The molecule has 4 nitrogen and oxygen atoms in total. The van der Waals surface area contributed by atoms with Crippen LogP contribution in [-0.4, -0.2) is 51.3 Å². The van der Waals surface area contributed by atoms with Crippen molar-refractivity contribution in [3.8, 4) is 11.5 Å². The molecule has 1 atom stereocenters. The average Bonchev–Trinajstić information content (AvgIpc) is 2.53. The summed E-state index contributed by atoms with van der Waals surface area (Å²) in [5.41, 5.74) is 1.30. The fraction of sp³-hybridized carbons (Fsp3) is 0.647. The summed E-state index contributed by atoms with van der Waals surface area (Å²) in [6.07, 6.45) is 3.66. The lowest BCUT2D eigenvalue weighted by Crippen LogP contribution is -2.46. The Morgan fingerprint density at radius 3 is 2.76 bits per heavy atom. The molecule has 0 amide bonds. The second-order valence-electron chi connectivity index (χ2n) is 5.64. The highest BCUT2D eigenvalue weighted by Gasteiger charge is 2.18. The number of rotatable bonds is 7. The molecule has 1 aliphatic heterocycles. The first-order valence-corrected chi connectivity index (χ1v) is 7.93. The van der Waals surface area contributed by atoms with E-state index >= 15 is 0 Å². The lowest BCUT2D eigenvalue weighted by atomic mass is 10.0. The Kier molecular flexibility index (Phi) is 6.33. The minimum atomic E-state index is 0.661. The van der Waals surface area contributed by atoms with Crippen molar-refractivity contribution in [3.63, 3.8) is 0 Å². The lowest BCUT2D eigenvalue weighted by Gasteiger charge is -2.33. The predicted octanol–water partition coefficient (Wildman–Crippen LogP) is 2.32. The second kappa shape index (κ2) is 8.25. The lowest BCUT2D eigenvalue weighted by molar-refractivity contribution is 0.194. The summed E-state index contributed by atoms with van der Waals surface area (Å²) in [6.45, 7) is 6.74. The molecule has 1 aromatic rings. The molecule has 0 aromatic heterocycles. The zero-order chi connectivity index (χ0) is 15.1. The Balaban J connectivity index is 1.87. The van der Waals surface area contributed by atoms with E-state index in [0.717, 1.165) is 31.0 Å². The van der Waals surface area contributed by atoms with Gasteiger partial charge in [-0.15, -0.1) is 0 Å². The fourth-order valence-corrected chi connectivity index (χ4v) is 3.04. The molecule has 0 aliphatic carbocycles. The zero-order valence-electron chi connectivity index (χ0n) is 13.5. The summed E-state index contributed by atoms with van der Waals surface area (Å²) in [5.74, 6) is 1.62. The summed E-state index contributed by atoms with van der Waals surface area (Å²) < 4.78 is 10.7. The maximum absolute atomic E-state index is 5.37. The molecule has 0 saturated carbocycles. The minimum Gasteiger partial charge on any atom is -0.493 e. The summed E-state index contributed by atoms with van der Waals surface area (Å²) in [4.78, 5) is 2.56. The SMILES string of the molecule is CCNC1CCCN(CCc2ccc(OC)c(OC)c2)C1. The molecule has 0 bridgehead atoms. The Labute approximate surface area is 128 Å². The molecule has 0 radical (unpaired) electrons. The number of hydrogen-bond donors (Lipinski definition) is 1. The van der Waals surface area contributed by atoms with Gasteiger partial charge in [0.1, 0.15) is 0 Å². The topological polar surface area (TPSA) is 33.7 Å². The van der Waals surface area contributed by atoms with Crippen LogP contribution < -0.4 is 14.8 Å². The highest BCUT2D eigenvalue weighted by molar-refractivity contribution is 5.42. The quantitative estimate of drug-likeness (QED) is 0.836. The number of likely N-dealkylation sites (tertiary alicyclic amines) is 1. The molecular formula is C17H28N2O2. The molecule has 1 heterocycles. The van der Waals surface area contributed by atoms with Crippen LogP contribution in [0.2, 0.25) is 0 Å². The molecule has 1 fully saturated rings. The minimum absolute atomic E-state index is 0.661. The predicted molar refractivity (Wildman–Crippen MR) is 86.4 cm³/mol. The largest absolute Gasteiger partial charge is 0.493 e. The summed E-state index contributed by atoms with van der Waals surface area (Å²) in [7, 11) is 3.36. The maximum Gasteiger partial charge on any atom is 0.160 e. The molecule has 1 N–H and O–H groups in total. The summed E-state index contributed by atoms with van der Waals surface area (Å²) in [6, 6.07) is 6.87. The molecule has 2 rings (SSSR count). The van der Waals surface area contributed by atoms with Crippen LogP contribution >= 0.6 is 0 Å². The third-order valence-corrected chi connectivity index (χ3v) is 4.16. The average molecular weight is 292 g/mol. The number of likely N-dealkylation sites (N-methyl/N-ethyl adjacent to an activating group) is 1. The zero-order valence-corrected chi connectivity index (χ0v) is 13.5. The molecule has 0 spiro atoms. The fourth-order valence-electron chi connectivity index (χ4n) is 3.04. The van der Waals surface area contributed by atoms with Crippen molar-refractivity contribution in [1.82, 2.24) is 10.2 Å². The molecule has 1 saturated heterocycles. The van der Waals surface area contributed by atoms with Crippen LogP contribution in [0.4, 0.5) is 0 Å². The van der Waals surface area contributed by atoms with Crippen molar-refractivity contribution in [2.45, 2.75) is 32.2 Å². The molecule has 4 heteroatoms. The van der Waals surface area contributed by atoms with Gasteiger partial charge in [-0.3, -0.25) is 0 Å². The number of ether oxygens (including phenoxy) is 2. The number of nitrogens with zero attached hydrogens (tertiary/aromatic N) is 1. The van der Waals surface area contributed by atoms with Gasteiger partial charge in [-0.1, -0.05) is 13.0 Å². The molecule has 1 unspecified atom stereocenters. The normalized spacial score (nSPS) is 19.5. The number of hydrogen-bond acceptors (Lipinski definition) is 4. The van der Waals surface area contributed by atoms with Gasteiger partial charge < -0.3 is 19.7 Å². The molecule has 118 valence electrons. The van der Waals surface area contributed by atoms with Gasteiger partial charge in [0.2, 0.25) is 0 Å². The van der Waals surface area contributed by atoms with Crippen LogP contribution in [0.3, 0.4) is 0 Å². The van der Waals surface area contributed by atoms with Gasteiger partial charge >= 0.3 is 0 Å². The number of piperidine rings is 1. The molecule has 1 aromatic carbocycles. The van der Waals surface area contributed by atoms with Crippen LogP contribution in [0.25, 0.3) is 0 Å². The third kappa shape index (κ3) is 4.61. The first-order valence-electron chi connectivity index (χ1n) is 7.93. The van der Waals surface area contributed by atoms with E-state index in [4.69, 9.17) is 9.47 Å². The van der Waals surface area contributed by atoms with E-state index in [0.29, 0.717) is 6.04 Å². The van der Waals surface area contributed by atoms with Gasteiger partial charge in [-0.2, -0.15) is 0 Å². The van der Waals surface area contributed by atoms with Crippen LogP contribution in [0, 0.1) is 0 Å². The third-order valence-electron chi connectivity index (χ3n) is 4.16. The summed E-state index contributed by atoms with van der Waals surface area (Å²) in [5, 5.41) is 3.57. The molecule has 21 heavy (non-hydrogen) atoms. The van der Waals surface area contributed by atoms with Crippen LogP contribution in [-0.2, 0) is 6.42 Å². The van der Waals surface area contributed by atoms with Gasteiger partial charge in [-0.25, -0.2) is 0 Å². The van der Waals surface area contributed by atoms with Gasteiger partial charge in [0.25, 0.3) is 0 Å². The van der Waals surface area contributed by atoms with Gasteiger partial charge in [-0.05, 0) is 50.0 Å². The highest BCUT2D eigenvalue weighted by Crippen LogP contribution is 2.27. The van der Waals surface area contributed by atoms with Crippen molar-refractivity contribution in [2.75, 3.05) is 40.4 Å². The van der Waals surface area contributed by atoms with E-state index in [1.165, 1.54) is 31.5 Å². The number of benzene rings is 1. The van der Waals surface area contributed by atoms with Crippen molar-refractivity contribution in [2.24, 2.45) is 0 Å². The van der Waals surface area contributed by atoms with E-state index < -0.39 is 0 Å². The Hall–Kier alpha value is -1.26. The number of nitrogens with one attached hydrogen (secondary N) is 1. The standard InChI is InChI=1S/C17H28N2O2/c1-4-18-15-6-5-10-19(13-15)11-9-14-7-8-16(20-2)17(12-14)21-3/h7-8,12,15,18H,4-6,9-11,13H2,1-3H3. The van der Waals surface area contributed by atoms with E-state index in [1.807, 2.05) is 6.07 Å². The summed E-state index contributed by atoms with van der Waals surface area (Å²) >= 11 is 0. The van der Waals surface area contributed by atoms with Crippen molar-refractivity contribution < 1.29 is 9.47 Å². The van der Waals surface area contributed by atoms with E-state index in [2.05, 4.69) is 29.3 Å². The van der Waals surface area contributed by atoms with Crippen LogP contribution in [0.1, 0.15) is 25.3 Å². The Morgan fingerprint density at radius 2 is 2.05 bits per heavy atom. The first kappa shape index (κ1) is 16.1. The van der Waals surface area contributed by atoms with E-state index in [9.17, 15) is 0 Å². The van der Waals surface area contributed by atoms with E-state index in [-0.39, 0.29) is 0 Å². The van der Waals surface area contributed by atoms with Gasteiger partial charge in [0, 0.05) is 19.1 Å². The first-order chi connectivity index (χ1) is 10.3. The Morgan fingerprint density at radius 1 is 1.24 bits per heavy atom. The Bertz CT molecular complexity index is 435. The maximum atomic E-state index is 5.37. The van der Waals surface area contributed by atoms with Crippen LogP contribution in [0.5, 0.6) is 11.5 Å². The number of methoxy groups -OCH3 is 2.